The number of aromatic nitrogens is 2. The van der Waals surface area contributed by atoms with Gasteiger partial charge < -0.3 is 9.64 Å². The number of benzene rings is 2. The third kappa shape index (κ3) is 5.23. The zero-order valence-corrected chi connectivity index (χ0v) is 20.4. The second-order valence-corrected chi connectivity index (χ2v) is 10.4. The van der Waals surface area contributed by atoms with Gasteiger partial charge in [-0.15, -0.1) is 10.2 Å². The molecule has 9 heteroatoms. The number of anilines is 2. The smallest absolute Gasteiger partial charge is 0.262 e. The molecular formula is C24H27ClN4O3S. The van der Waals surface area contributed by atoms with Crippen molar-refractivity contribution < 1.29 is 13.2 Å². The van der Waals surface area contributed by atoms with Crippen LogP contribution in [0.2, 0.25) is 5.02 Å². The van der Waals surface area contributed by atoms with Gasteiger partial charge in [-0.3, -0.25) is 4.72 Å². The minimum Gasteiger partial charge on any atom is -0.495 e. The monoisotopic (exact) mass is 486 g/mol. The molecule has 1 saturated heterocycles. The van der Waals surface area contributed by atoms with E-state index in [0.29, 0.717) is 17.0 Å². The number of nitrogens with zero attached hydrogens (tertiary/aromatic N) is 3. The summed E-state index contributed by atoms with van der Waals surface area (Å²) >= 11 is 6.13. The number of methoxy groups -OCH3 is 1. The van der Waals surface area contributed by atoms with Crippen molar-refractivity contribution in [2.45, 2.75) is 31.6 Å². The summed E-state index contributed by atoms with van der Waals surface area (Å²) in [6, 6.07) is 14.0. The Morgan fingerprint density at radius 3 is 2.36 bits per heavy atom. The Bertz CT molecular complexity index is 1220. The number of ether oxygens (including phenoxy) is 1. The molecule has 4 rings (SSSR count). The van der Waals surface area contributed by atoms with Crippen LogP contribution < -0.4 is 14.4 Å². The fourth-order valence-corrected chi connectivity index (χ4v) is 5.51. The van der Waals surface area contributed by atoms with E-state index in [4.69, 9.17) is 16.3 Å². The van der Waals surface area contributed by atoms with Crippen LogP contribution in [-0.2, 0) is 10.0 Å². The SMILES string of the molecule is COc1cc(C)c(S(=O)(=O)Nc2ccc(-c3ccc(N4CCC(C)CC4)nn3)cc2)cc1Cl. The molecule has 174 valence electrons. The molecular weight excluding hydrogens is 460 g/mol. The van der Waals surface area contributed by atoms with Gasteiger partial charge in [0, 0.05) is 24.3 Å². The Morgan fingerprint density at radius 1 is 1.06 bits per heavy atom. The highest BCUT2D eigenvalue weighted by atomic mass is 35.5. The molecule has 7 nitrogen and oxygen atoms in total. The first-order valence-electron chi connectivity index (χ1n) is 10.8. The van der Waals surface area contributed by atoms with E-state index >= 15 is 0 Å². The molecule has 0 amide bonds. The lowest BCUT2D eigenvalue weighted by Crippen LogP contribution is -2.33. The molecule has 0 aliphatic carbocycles. The Morgan fingerprint density at radius 2 is 1.76 bits per heavy atom. The van der Waals surface area contributed by atoms with Gasteiger partial charge in [0.1, 0.15) is 5.75 Å². The van der Waals surface area contributed by atoms with Crippen molar-refractivity contribution in [2.75, 3.05) is 29.8 Å². The Balaban J connectivity index is 1.48. The third-order valence-corrected chi connectivity index (χ3v) is 7.75. The van der Waals surface area contributed by atoms with Crippen molar-refractivity contribution >= 4 is 33.1 Å². The molecule has 1 aromatic heterocycles. The molecule has 0 bridgehead atoms. The minimum atomic E-state index is -3.81. The molecule has 33 heavy (non-hydrogen) atoms. The second-order valence-electron chi connectivity index (χ2n) is 8.38. The number of nitrogens with one attached hydrogen (secondary N) is 1. The predicted octanol–water partition coefficient (Wildman–Crippen LogP) is 5.15. The topological polar surface area (TPSA) is 84.4 Å². The quantitative estimate of drug-likeness (QED) is 0.518. The van der Waals surface area contributed by atoms with Gasteiger partial charge in [0.15, 0.2) is 5.82 Å². The molecule has 0 spiro atoms. The van der Waals surface area contributed by atoms with Crippen molar-refractivity contribution in [2.24, 2.45) is 5.92 Å². The molecule has 2 heterocycles. The Kier molecular flexibility index (Phi) is 6.76. The first kappa shape index (κ1) is 23.3. The summed E-state index contributed by atoms with van der Waals surface area (Å²) in [7, 11) is -2.33. The van der Waals surface area contributed by atoms with Crippen LogP contribution in [0.1, 0.15) is 25.3 Å². The fraction of sp³-hybridized carbons (Fsp3) is 0.333. The summed E-state index contributed by atoms with van der Waals surface area (Å²) < 4.78 is 33.6. The molecule has 1 aliphatic rings. The first-order chi connectivity index (χ1) is 15.8. The van der Waals surface area contributed by atoms with E-state index < -0.39 is 10.0 Å². The highest BCUT2D eigenvalue weighted by Gasteiger charge is 2.20. The zero-order chi connectivity index (χ0) is 23.6. The number of hydrogen-bond donors (Lipinski definition) is 1. The minimum absolute atomic E-state index is 0.103. The van der Waals surface area contributed by atoms with Gasteiger partial charge in [-0.05, 0) is 67.6 Å². The molecule has 1 aliphatic heterocycles. The van der Waals surface area contributed by atoms with Gasteiger partial charge in [0.2, 0.25) is 0 Å². The summed E-state index contributed by atoms with van der Waals surface area (Å²) in [5.74, 6) is 2.08. The van der Waals surface area contributed by atoms with Crippen molar-refractivity contribution in [1.82, 2.24) is 10.2 Å². The maximum absolute atomic E-state index is 12.9. The lowest BCUT2D eigenvalue weighted by Gasteiger charge is -2.30. The summed E-state index contributed by atoms with van der Waals surface area (Å²) in [4.78, 5) is 2.37. The fourth-order valence-electron chi connectivity index (χ4n) is 3.89. The van der Waals surface area contributed by atoms with Crippen molar-refractivity contribution in [3.8, 4) is 17.0 Å². The lowest BCUT2D eigenvalue weighted by atomic mass is 9.99. The average molecular weight is 487 g/mol. The second kappa shape index (κ2) is 9.57. The predicted molar refractivity (Wildman–Crippen MR) is 132 cm³/mol. The number of aryl methyl sites for hydroxylation is 1. The number of hydrogen-bond acceptors (Lipinski definition) is 6. The summed E-state index contributed by atoms with van der Waals surface area (Å²) in [5, 5.41) is 9.01. The maximum atomic E-state index is 12.9. The molecule has 1 N–H and O–H groups in total. The van der Waals surface area contributed by atoms with Gasteiger partial charge in [-0.2, -0.15) is 0 Å². The molecule has 0 unspecified atom stereocenters. The van der Waals surface area contributed by atoms with E-state index in [1.165, 1.54) is 26.0 Å². The van der Waals surface area contributed by atoms with Crippen LogP contribution in [-0.4, -0.2) is 38.8 Å². The van der Waals surface area contributed by atoms with Crippen LogP contribution >= 0.6 is 11.6 Å². The average Bonchev–Trinajstić information content (AvgIpc) is 2.81. The van der Waals surface area contributed by atoms with Gasteiger partial charge in [0.05, 0.1) is 22.7 Å². The van der Waals surface area contributed by atoms with Crippen molar-refractivity contribution in [3.63, 3.8) is 0 Å². The Labute approximate surface area is 199 Å². The molecule has 3 aromatic rings. The van der Waals surface area contributed by atoms with Crippen molar-refractivity contribution in [3.05, 3.63) is 59.1 Å². The Hall–Kier alpha value is -2.84. The van der Waals surface area contributed by atoms with Gasteiger partial charge in [0.25, 0.3) is 10.0 Å². The maximum Gasteiger partial charge on any atom is 0.262 e. The summed E-state index contributed by atoms with van der Waals surface area (Å²) in [5.41, 5.74) is 2.57. The first-order valence-corrected chi connectivity index (χ1v) is 12.7. The third-order valence-electron chi connectivity index (χ3n) is 5.93. The molecule has 0 atom stereocenters. The molecule has 0 saturated carbocycles. The zero-order valence-electron chi connectivity index (χ0n) is 18.9. The van der Waals surface area contributed by atoms with Gasteiger partial charge in [-0.1, -0.05) is 30.7 Å². The number of sulfonamides is 1. The standard InChI is InChI=1S/C24H27ClN4O3S/c1-16-10-12-29(13-11-16)24-9-8-21(26-27-24)18-4-6-19(7-5-18)28-33(30,31)23-15-20(25)22(32-3)14-17(23)2/h4-9,14-16,28H,10-13H2,1-3H3. The summed E-state index contributed by atoms with van der Waals surface area (Å²) in [6.07, 6.45) is 2.34. The van der Waals surface area contributed by atoms with Crippen LogP contribution in [0.4, 0.5) is 11.5 Å². The number of rotatable bonds is 6. The molecule has 2 aromatic carbocycles. The highest BCUT2D eigenvalue weighted by Crippen LogP contribution is 2.31. The molecule has 1 fully saturated rings. The van der Waals surface area contributed by atoms with Crippen LogP contribution in [0, 0.1) is 12.8 Å². The number of halogens is 1. The van der Waals surface area contributed by atoms with Crippen molar-refractivity contribution in [1.29, 1.82) is 0 Å². The largest absolute Gasteiger partial charge is 0.495 e. The normalized spacial score (nSPS) is 14.8. The lowest BCUT2D eigenvalue weighted by molar-refractivity contribution is 0.414. The van der Waals surface area contributed by atoms with E-state index in [1.807, 2.05) is 24.3 Å². The molecule has 0 radical (unpaired) electrons. The van der Waals surface area contributed by atoms with Crippen LogP contribution in [0.5, 0.6) is 5.75 Å². The van der Waals surface area contributed by atoms with E-state index in [0.717, 1.165) is 36.1 Å². The van der Waals surface area contributed by atoms with Crippen LogP contribution in [0.3, 0.4) is 0 Å². The van der Waals surface area contributed by atoms with Gasteiger partial charge in [-0.25, -0.2) is 8.42 Å². The van der Waals surface area contributed by atoms with Crippen LogP contribution in [0.25, 0.3) is 11.3 Å². The van der Waals surface area contributed by atoms with Crippen LogP contribution in [0.15, 0.2) is 53.4 Å². The van der Waals surface area contributed by atoms with E-state index in [9.17, 15) is 8.42 Å². The van der Waals surface area contributed by atoms with Gasteiger partial charge >= 0.3 is 0 Å². The van der Waals surface area contributed by atoms with E-state index in [-0.39, 0.29) is 9.92 Å². The van der Waals surface area contributed by atoms with E-state index in [1.54, 1.807) is 25.1 Å². The highest BCUT2D eigenvalue weighted by molar-refractivity contribution is 7.92. The number of piperidine rings is 1. The van der Waals surface area contributed by atoms with E-state index in [2.05, 4.69) is 26.7 Å². The summed E-state index contributed by atoms with van der Waals surface area (Å²) in [6.45, 7) is 5.98.